The molecule has 2 aliphatic rings. The van der Waals surface area contributed by atoms with Gasteiger partial charge in [-0.15, -0.1) is 0 Å². The zero-order valence-electron chi connectivity index (χ0n) is 18.6. The summed E-state index contributed by atoms with van der Waals surface area (Å²) in [5, 5.41) is 12.8. The topological polar surface area (TPSA) is 80.6 Å². The van der Waals surface area contributed by atoms with E-state index in [9.17, 15) is 9.90 Å². The average molecular weight is 412 g/mol. The van der Waals surface area contributed by atoms with Crippen LogP contribution in [-0.4, -0.2) is 110 Å². The molecular weight excluding hydrogens is 370 g/mol. The maximum Gasteiger partial charge on any atom is 0.236 e. The van der Waals surface area contributed by atoms with Crippen molar-refractivity contribution in [3.8, 4) is 0 Å². The minimum Gasteiger partial charge on any atom is -0.396 e. The number of piperazine rings is 1. The van der Waals surface area contributed by atoms with Gasteiger partial charge in [-0.25, -0.2) is 0 Å². The van der Waals surface area contributed by atoms with Crippen molar-refractivity contribution in [3.05, 3.63) is 0 Å². The molecular formula is C21H41N5O3. The number of carbonyl (C=O) groups is 1. The van der Waals surface area contributed by atoms with E-state index in [2.05, 4.69) is 35.9 Å². The van der Waals surface area contributed by atoms with Gasteiger partial charge in [0.2, 0.25) is 5.91 Å². The first-order chi connectivity index (χ1) is 14.0. The van der Waals surface area contributed by atoms with Gasteiger partial charge in [-0.2, -0.15) is 0 Å². The summed E-state index contributed by atoms with van der Waals surface area (Å²) >= 11 is 0. The first kappa shape index (κ1) is 23.9. The number of nitrogens with zero attached hydrogens (tertiary/aromatic N) is 4. The van der Waals surface area contributed by atoms with E-state index < -0.39 is 0 Å². The summed E-state index contributed by atoms with van der Waals surface area (Å²) in [6.45, 7) is 15.0. The second-order valence-corrected chi connectivity index (χ2v) is 8.46. The smallest absolute Gasteiger partial charge is 0.236 e. The molecule has 8 nitrogen and oxygen atoms in total. The third-order valence-electron chi connectivity index (χ3n) is 5.57. The molecule has 29 heavy (non-hydrogen) atoms. The first-order valence-corrected chi connectivity index (χ1v) is 11.3. The number of aliphatic hydroxyl groups excluding tert-OH is 1. The second kappa shape index (κ2) is 13.0. The summed E-state index contributed by atoms with van der Waals surface area (Å²) in [6, 6.07) is 0. The fraction of sp³-hybridized carbons (Fsp3) is 0.905. The quantitative estimate of drug-likeness (QED) is 0.424. The Kier molecular flexibility index (Phi) is 10.7. The third kappa shape index (κ3) is 8.48. The van der Waals surface area contributed by atoms with Gasteiger partial charge in [0.25, 0.3) is 0 Å². The zero-order valence-corrected chi connectivity index (χ0v) is 18.6. The molecule has 2 heterocycles. The van der Waals surface area contributed by atoms with Crippen molar-refractivity contribution in [3.63, 3.8) is 0 Å². The number of rotatable bonds is 9. The number of morpholine rings is 1. The van der Waals surface area contributed by atoms with Gasteiger partial charge in [0.05, 0.1) is 19.8 Å². The molecule has 2 N–H and O–H groups in total. The third-order valence-corrected chi connectivity index (χ3v) is 5.57. The molecule has 0 bridgehead atoms. The van der Waals surface area contributed by atoms with E-state index in [4.69, 9.17) is 9.73 Å². The number of carbonyl (C=O) groups excluding carboxylic acids is 1. The molecule has 0 saturated carbocycles. The van der Waals surface area contributed by atoms with Gasteiger partial charge in [-0.3, -0.25) is 14.7 Å². The van der Waals surface area contributed by atoms with Crippen molar-refractivity contribution in [1.29, 1.82) is 0 Å². The molecule has 0 spiro atoms. The summed E-state index contributed by atoms with van der Waals surface area (Å²) in [5.74, 6) is 2.19. The molecule has 1 atom stereocenters. The maximum absolute atomic E-state index is 12.5. The Hall–Kier alpha value is -1.38. The molecule has 8 heteroatoms. The molecule has 0 aromatic heterocycles. The number of aliphatic imine (C=N–C) groups is 1. The molecule has 2 rings (SSSR count). The molecule has 2 aliphatic heterocycles. The monoisotopic (exact) mass is 411 g/mol. The molecule has 168 valence electrons. The van der Waals surface area contributed by atoms with E-state index >= 15 is 0 Å². The van der Waals surface area contributed by atoms with Crippen LogP contribution < -0.4 is 5.32 Å². The highest BCUT2D eigenvalue weighted by atomic mass is 16.5. The molecule has 2 saturated heterocycles. The van der Waals surface area contributed by atoms with Gasteiger partial charge in [0.1, 0.15) is 0 Å². The molecule has 0 aromatic rings. The first-order valence-electron chi connectivity index (χ1n) is 11.3. The molecule has 1 unspecified atom stereocenters. The van der Waals surface area contributed by atoms with Crippen LogP contribution in [0.5, 0.6) is 0 Å². The van der Waals surface area contributed by atoms with E-state index in [1.807, 2.05) is 4.90 Å². The van der Waals surface area contributed by atoms with Gasteiger partial charge in [0.15, 0.2) is 5.96 Å². The van der Waals surface area contributed by atoms with E-state index in [1.54, 1.807) is 0 Å². The minimum atomic E-state index is 0.211. The van der Waals surface area contributed by atoms with E-state index in [0.717, 1.165) is 58.1 Å². The normalized spacial score (nSPS) is 20.2. The van der Waals surface area contributed by atoms with Crippen LogP contribution in [0.4, 0.5) is 0 Å². The predicted octanol–water partition coefficient (Wildman–Crippen LogP) is 0.473. The van der Waals surface area contributed by atoms with Gasteiger partial charge < -0.3 is 25.0 Å². The van der Waals surface area contributed by atoms with E-state index in [-0.39, 0.29) is 12.5 Å². The van der Waals surface area contributed by atoms with Crippen LogP contribution in [0.15, 0.2) is 4.99 Å². The molecule has 0 aliphatic carbocycles. The van der Waals surface area contributed by atoms with Crippen LogP contribution in [-0.2, 0) is 9.53 Å². The van der Waals surface area contributed by atoms with Crippen LogP contribution in [0.25, 0.3) is 0 Å². The fourth-order valence-electron chi connectivity index (χ4n) is 4.00. The number of hydrogen-bond donors (Lipinski definition) is 2. The highest BCUT2D eigenvalue weighted by molar-refractivity contribution is 5.80. The van der Waals surface area contributed by atoms with E-state index in [1.165, 1.54) is 0 Å². The van der Waals surface area contributed by atoms with Crippen molar-refractivity contribution in [1.82, 2.24) is 20.0 Å². The Morgan fingerprint density at radius 1 is 1.10 bits per heavy atom. The largest absolute Gasteiger partial charge is 0.396 e. The number of amides is 1. The number of ether oxygens (including phenoxy) is 1. The summed E-state index contributed by atoms with van der Waals surface area (Å²) in [5.41, 5.74) is 0. The Morgan fingerprint density at radius 2 is 1.79 bits per heavy atom. The predicted molar refractivity (Wildman–Crippen MR) is 116 cm³/mol. The molecule has 1 amide bonds. The van der Waals surface area contributed by atoms with Crippen molar-refractivity contribution < 1.29 is 14.6 Å². The van der Waals surface area contributed by atoms with Crippen LogP contribution >= 0.6 is 0 Å². The Balaban J connectivity index is 1.83. The Bertz CT molecular complexity index is 501. The lowest BCUT2D eigenvalue weighted by Crippen LogP contribution is -2.55. The number of guanidine groups is 1. The van der Waals surface area contributed by atoms with Gasteiger partial charge in [0, 0.05) is 59.0 Å². The second-order valence-electron chi connectivity index (χ2n) is 8.46. The summed E-state index contributed by atoms with van der Waals surface area (Å²) in [7, 11) is 0. The van der Waals surface area contributed by atoms with Gasteiger partial charge in [-0.1, -0.05) is 13.8 Å². The van der Waals surface area contributed by atoms with Crippen molar-refractivity contribution in [2.45, 2.75) is 33.6 Å². The minimum absolute atomic E-state index is 0.211. The van der Waals surface area contributed by atoms with Gasteiger partial charge >= 0.3 is 0 Å². The van der Waals surface area contributed by atoms with Gasteiger partial charge in [-0.05, 0) is 31.6 Å². The fourth-order valence-corrected chi connectivity index (χ4v) is 4.00. The van der Waals surface area contributed by atoms with Crippen LogP contribution in [0, 0.1) is 11.8 Å². The standard InChI is InChI=1S/C21H41N5O3/c1-4-22-21(23-16-19(5-12-27)15-18(2)3)26-8-6-24(7-9-26)17-20(28)25-10-13-29-14-11-25/h18-19,27H,4-17H2,1-3H3,(H,22,23). The highest BCUT2D eigenvalue weighted by Gasteiger charge is 2.24. The zero-order chi connectivity index (χ0) is 21.1. The highest BCUT2D eigenvalue weighted by Crippen LogP contribution is 2.16. The van der Waals surface area contributed by atoms with E-state index in [0.29, 0.717) is 44.7 Å². The molecule has 0 aromatic carbocycles. The lowest BCUT2D eigenvalue weighted by molar-refractivity contribution is -0.136. The Morgan fingerprint density at radius 3 is 2.38 bits per heavy atom. The lowest BCUT2D eigenvalue weighted by atomic mass is 9.94. The number of aliphatic hydroxyl groups is 1. The molecule has 2 fully saturated rings. The van der Waals surface area contributed by atoms with Crippen LogP contribution in [0.1, 0.15) is 33.6 Å². The summed E-state index contributed by atoms with van der Waals surface area (Å²) < 4.78 is 5.33. The van der Waals surface area contributed by atoms with Crippen molar-refractivity contribution in [2.75, 3.05) is 78.7 Å². The number of nitrogens with one attached hydrogen (secondary N) is 1. The molecule has 0 radical (unpaired) electrons. The summed E-state index contributed by atoms with van der Waals surface area (Å²) in [4.78, 5) is 23.8. The van der Waals surface area contributed by atoms with Crippen LogP contribution in [0.3, 0.4) is 0 Å². The van der Waals surface area contributed by atoms with Crippen molar-refractivity contribution in [2.24, 2.45) is 16.8 Å². The lowest BCUT2D eigenvalue weighted by Gasteiger charge is -2.37. The summed E-state index contributed by atoms with van der Waals surface area (Å²) in [6.07, 6.45) is 1.89. The number of hydrogen-bond acceptors (Lipinski definition) is 5. The van der Waals surface area contributed by atoms with Crippen LogP contribution in [0.2, 0.25) is 0 Å². The SMILES string of the molecule is CCNC(=NCC(CCO)CC(C)C)N1CCN(CC(=O)N2CCOCC2)CC1. The van der Waals surface area contributed by atoms with Crippen molar-refractivity contribution >= 4 is 11.9 Å². The Labute approximate surface area is 176 Å². The average Bonchev–Trinajstić information content (AvgIpc) is 2.72. The maximum atomic E-state index is 12.5.